The molecule has 0 saturated carbocycles. The quantitative estimate of drug-likeness (QED) is 0.703. The Kier molecular flexibility index (Phi) is 3.77. The van der Waals surface area contributed by atoms with Gasteiger partial charge in [0.25, 0.3) is 11.8 Å². The summed E-state index contributed by atoms with van der Waals surface area (Å²) in [6.45, 7) is 1.38. The summed E-state index contributed by atoms with van der Waals surface area (Å²) < 4.78 is 14.4. The molecule has 2 N–H and O–H groups in total. The topological polar surface area (TPSA) is 98.8 Å². The lowest BCUT2D eigenvalue weighted by Crippen LogP contribution is -2.61. The predicted octanol–water partition coefficient (Wildman–Crippen LogP) is 0.168. The van der Waals surface area contributed by atoms with Gasteiger partial charge in [0, 0.05) is 31.6 Å². The fraction of sp³-hybridized carbons (Fsp3) is 0.474. The first-order valence-electron chi connectivity index (χ1n) is 9.49. The summed E-state index contributed by atoms with van der Waals surface area (Å²) in [5.41, 5.74) is 0.558. The van der Waals surface area contributed by atoms with Gasteiger partial charge < -0.3 is 10.2 Å². The first-order chi connectivity index (χ1) is 13.4. The monoisotopic (exact) mass is 386 g/mol. The van der Waals surface area contributed by atoms with Crippen LogP contribution in [0.4, 0.5) is 10.1 Å². The second-order valence-corrected chi connectivity index (χ2v) is 7.78. The molecule has 5 aliphatic heterocycles. The number of piperidine rings is 3. The minimum absolute atomic E-state index is 0.0147. The van der Waals surface area contributed by atoms with Crippen molar-refractivity contribution < 1.29 is 23.6 Å². The summed E-state index contributed by atoms with van der Waals surface area (Å²) in [6.07, 6.45) is 2.08. The summed E-state index contributed by atoms with van der Waals surface area (Å²) in [5, 5.41) is 5.58. The van der Waals surface area contributed by atoms with Crippen molar-refractivity contribution in [2.75, 3.05) is 18.0 Å². The van der Waals surface area contributed by atoms with Gasteiger partial charge in [-0.3, -0.25) is 29.4 Å². The highest BCUT2D eigenvalue weighted by Gasteiger charge is 2.47. The molecule has 3 atom stereocenters. The van der Waals surface area contributed by atoms with Crippen LogP contribution < -0.4 is 15.5 Å². The Morgan fingerprint density at radius 2 is 1.86 bits per heavy atom. The molecule has 1 aromatic carbocycles. The molecule has 4 fully saturated rings. The second-order valence-electron chi connectivity index (χ2n) is 7.78. The molecule has 28 heavy (non-hydrogen) atoms. The van der Waals surface area contributed by atoms with Gasteiger partial charge in [0.2, 0.25) is 11.8 Å². The van der Waals surface area contributed by atoms with Crippen LogP contribution in [0.5, 0.6) is 0 Å². The van der Waals surface area contributed by atoms with Crippen LogP contribution in [0.1, 0.15) is 46.4 Å². The minimum atomic E-state index is -1.06. The van der Waals surface area contributed by atoms with E-state index in [0.717, 1.165) is 30.4 Å². The zero-order chi connectivity index (χ0) is 19.6. The fourth-order valence-electron chi connectivity index (χ4n) is 4.77. The number of hydrogen-bond acceptors (Lipinski definition) is 6. The number of halogens is 1. The van der Waals surface area contributed by atoms with Gasteiger partial charge in [-0.25, -0.2) is 4.39 Å². The highest BCUT2D eigenvalue weighted by atomic mass is 19.1. The van der Waals surface area contributed by atoms with E-state index in [0.29, 0.717) is 12.2 Å². The number of imide groups is 2. The Morgan fingerprint density at radius 1 is 1.04 bits per heavy atom. The molecule has 6 rings (SSSR count). The number of benzene rings is 1. The van der Waals surface area contributed by atoms with Crippen molar-refractivity contribution >= 4 is 29.3 Å². The highest BCUT2D eigenvalue weighted by Crippen LogP contribution is 2.38. The van der Waals surface area contributed by atoms with E-state index in [1.807, 2.05) is 4.90 Å². The summed E-state index contributed by atoms with van der Waals surface area (Å²) >= 11 is 0. The fourth-order valence-corrected chi connectivity index (χ4v) is 4.77. The maximum absolute atomic E-state index is 14.4. The molecule has 5 aliphatic rings. The predicted molar refractivity (Wildman–Crippen MR) is 95.2 cm³/mol. The number of hydrogen-bond donors (Lipinski definition) is 2. The molecule has 8 nitrogen and oxygen atoms in total. The summed E-state index contributed by atoms with van der Waals surface area (Å²) in [7, 11) is 0. The minimum Gasteiger partial charge on any atom is -0.365 e. The van der Waals surface area contributed by atoms with Crippen LogP contribution >= 0.6 is 0 Å². The normalized spacial score (nSPS) is 29.4. The number of amides is 4. The average molecular weight is 386 g/mol. The number of anilines is 1. The van der Waals surface area contributed by atoms with Crippen molar-refractivity contribution in [2.24, 2.45) is 0 Å². The first-order valence-corrected chi connectivity index (χ1v) is 9.49. The number of fused-ring (bicyclic) bond motifs is 4. The smallest absolute Gasteiger partial charge is 0.264 e. The maximum atomic E-state index is 14.4. The molecule has 0 spiro atoms. The van der Waals surface area contributed by atoms with E-state index in [4.69, 9.17) is 0 Å². The summed E-state index contributed by atoms with van der Waals surface area (Å²) in [4.78, 5) is 52.6. The number of nitrogens with one attached hydrogen (secondary N) is 2. The van der Waals surface area contributed by atoms with Gasteiger partial charge in [-0.15, -0.1) is 0 Å². The Morgan fingerprint density at radius 3 is 2.50 bits per heavy atom. The SMILES string of the molecule is O=C1CCC(N2C(=O)c3cc(F)cc(N4CC5CCC4CN5)c3C2=O)C(=O)N1. The van der Waals surface area contributed by atoms with Gasteiger partial charge in [-0.2, -0.15) is 0 Å². The highest BCUT2D eigenvalue weighted by molar-refractivity contribution is 6.25. The van der Waals surface area contributed by atoms with E-state index < -0.39 is 35.5 Å². The van der Waals surface area contributed by atoms with Crippen molar-refractivity contribution in [3.63, 3.8) is 0 Å². The summed E-state index contributed by atoms with van der Waals surface area (Å²) in [6, 6.07) is 1.70. The number of nitrogens with zero attached hydrogens (tertiary/aromatic N) is 2. The third kappa shape index (κ3) is 2.46. The van der Waals surface area contributed by atoms with Gasteiger partial charge >= 0.3 is 0 Å². The maximum Gasteiger partial charge on any atom is 0.264 e. The molecule has 146 valence electrons. The van der Waals surface area contributed by atoms with Crippen LogP contribution in [-0.4, -0.2) is 59.7 Å². The van der Waals surface area contributed by atoms with E-state index in [1.165, 1.54) is 6.07 Å². The Hall–Kier alpha value is -2.81. The van der Waals surface area contributed by atoms with E-state index >= 15 is 0 Å². The zero-order valence-electron chi connectivity index (χ0n) is 15.0. The lowest BCUT2D eigenvalue weighted by atomic mass is 9.91. The zero-order valence-corrected chi connectivity index (χ0v) is 15.0. The number of rotatable bonds is 2. The van der Waals surface area contributed by atoms with Crippen LogP contribution in [0.3, 0.4) is 0 Å². The second kappa shape index (κ2) is 6.10. The lowest BCUT2D eigenvalue weighted by Gasteiger charge is -2.47. The molecular formula is C19H19FN4O4. The van der Waals surface area contributed by atoms with Crippen LogP contribution in [0, 0.1) is 5.82 Å². The number of carbonyl (C=O) groups is 4. The van der Waals surface area contributed by atoms with Gasteiger partial charge in [0.15, 0.2) is 0 Å². The molecule has 5 heterocycles. The van der Waals surface area contributed by atoms with Crippen molar-refractivity contribution in [1.29, 1.82) is 0 Å². The van der Waals surface area contributed by atoms with Crippen molar-refractivity contribution in [3.8, 4) is 0 Å². The van der Waals surface area contributed by atoms with Crippen LogP contribution in [0.25, 0.3) is 0 Å². The van der Waals surface area contributed by atoms with Gasteiger partial charge in [0.05, 0.1) is 16.8 Å². The molecular weight excluding hydrogens is 367 g/mol. The van der Waals surface area contributed by atoms with Gasteiger partial charge in [-0.1, -0.05) is 0 Å². The lowest BCUT2D eigenvalue weighted by molar-refractivity contribution is -0.136. The molecule has 0 aliphatic carbocycles. The van der Waals surface area contributed by atoms with Crippen molar-refractivity contribution in [3.05, 3.63) is 29.1 Å². The number of piperazine rings is 1. The first kappa shape index (κ1) is 17.3. The largest absolute Gasteiger partial charge is 0.365 e. The number of carbonyl (C=O) groups excluding carboxylic acids is 4. The van der Waals surface area contributed by atoms with Crippen LogP contribution in [-0.2, 0) is 9.59 Å². The van der Waals surface area contributed by atoms with Crippen LogP contribution in [0.2, 0.25) is 0 Å². The van der Waals surface area contributed by atoms with E-state index in [-0.39, 0.29) is 36.1 Å². The van der Waals surface area contributed by atoms with E-state index in [9.17, 15) is 23.6 Å². The van der Waals surface area contributed by atoms with Gasteiger partial charge in [-0.05, 0) is 31.4 Å². The third-order valence-corrected chi connectivity index (χ3v) is 6.14. The molecule has 4 amide bonds. The summed E-state index contributed by atoms with van der Waals surface area (Å²) in [5.74, 6) is -2.97. The van der Waals surface area contributed by atoms with Crippen LogP contribution in [0.15, 0.2) is 12.1 Å². The van der Waals surface area contributed by atoms with Crippen molar-refractivity contribution in [1.82, 2.24) is 15.5 Å². The average Bonchev–Trinajstić information content (AvgIpc) is 2.93. The van der Waals surface area contributed by atoms with Gasteiger partial charge in [0.1, 0.15) is 11.9 Å². The molecule has 2 bridgehead atoms. The molecule has 3 unspecified atom stereocenters. The molecule has 9 heteroatoms. The third-order valence-electron chi connectivity index (χ3n) is 6.14. The molecule has 0 radical (unpaired) electrons. The molecule has 4 saturated heterocycles. The molecule has 0 aromatic heterocycles. The van der Waals surface area contributed by atoms with Crippen molar-refractivity contribution in [2.45, 2.75) is 43.8 Å². The Labute approximate surface area is 160 Å². The Bertz CT molecular complexity index is 925. The van der Waals surface area contributed by atoms with E-state index in [1.54, 1.807) is 0 Å². The standard InChI is InChI=1S/C19H19FN4O4/c20-9-5-12-16(14(6-9)23-8-10-1-2-11(23)7-21-10)19(28)24(18(12)27)13-3-4-15(25)22-17(13)26/h5-6,10-11,13,21H,1-4,7-8H2,(H,22,25,26). The Balaban J connectivity index is 1.55. The van der Waals surface area contributed by atoms with E-state index in [2.05, 4.69) is 10.6 Å². The molecule has 1 aromatic rings.